The molecule has 0 aliphatic rings. The zero-order valence-corrected chi connectivity index (χ0v) is 14.2. The predicted octanol–water partition coefficient (Wildman–Crippen LogP) is 4.60. The van der Waals surface area contributed by atoms with Crippen molar-refractivity contribution in [3.63, 3.8) is 0 Å². The molecule has 0 N–H and O–H groups in total. The van der Waals surface area contributed by atoms with E-state index in [4.69, 9.17) is 0 Å². The highest BCUT2D eigenvalue weighted by Gasteiger charge is 2.34. The third kappa shape index (κ3) is 7.00. The molecule has 0 saturated heterocycles. The highest BCUT2D eigenvalue weighted by molar-refractivity contribution is 7.89. The smallest absolute Gasteiger partial charge is 0.405 e. The third-order valence-electron chi connectivity index (χ3n) is 3.15. The molecule has 0 spiro atoms. The predicted molar refractivity (Wildman–Crippen MR) is 82.6 cm³/mol. The lowest BCUT2D eigenvalue weighted by Crippen LogP contribution is -2.20. The topological polar surface area (TPSA) is 52.6 Å². The summed E-state index contributed by atoms with van der Waals surface area (Å²) >= 11 is 0. The Hall–Kier alpha value is -2.43. The van der Waals surface area contributed by atoms with Gasteiger partial charge in [0.2, 0.25) is 0 Å². The van der Waals surface area contributed by atoms with Crippen LogP contribution < -0.4 is 9.47 Å². The maximum absolute atomic E-state index is 12.4. The van der Waals surface area contributed by atoms with Crippen LogP contribution in [0.3, 0.4) is 0 Å². The first-order valence-electron chi connectivity index (χ1n) is 7.22. The van der Waals surface area contributed by atoms with Gasteiger partial charge in [0.05, 0.1) is 11.5 Å². The zero-order valence-electron chi connectivity index (χ0n) is 13.3. The molecule has 0 amide bonds. The largest absolute Gasteiger partial charge is 0.573 e. The molecular formula is C16H12F6O4S. The average molecular weight is 414 g/mol. The van der Waals surface area contributed by atoms with Crippen LogP contribution in [-0.2, 0) is 21.3 Å². The number of para-hydroxylation sites is 2. The number of ether oxygens (including phenoxy) is 2. The fourth-order valence-corrected chi connectivity index (χ4v) is 3.75. The van der Waals surface area contributed by atoms with Crippen molar-refractivity contribution in [1.29, 1.82) is 0 Å². The van der Waals surface area contributed by atoms with Gasteiger partial charge >= 0.3 is 12.7 Å². The van der Waals surface area contributed by atoms with Gasteiger partial charge in [0.25, 0.3) is 0 Å². The van der Waals surface area contributed by atoms with E-state index in [1.54, 1.807) is 0 Å². The van der Waals surface area contributed by atoms with E-state index in [1.807, 2.05) is 0 Å². The second-order valence-electron chi connectivity index (χ2n) is 5.34. The molecule has 27 heavy (non-hydrogen) atoms. The molecule has 2 rings (SSSR count). The van der Waals surface area contributed by atoms with Crippen LogP contribution >= 0.6 is 0 Å². The van der Waals surface area contributed by atoms with Gasteiger partial charge in [-0.05, 0) is 12.1 Å². The van der Waals surface area contributed by atoms with Gasteiger partial charge in [-0.2, -0.15) is 0 Å². The van der Waals surface area contributed by atoms with Gasteiger partial charge in [-0.1, -0.05) is 36.4 Å². The molecule has 0 radical (unpaired) electrons. The number of benzene rings is 2. The van der Waals surface area contributed by atoms with Crippen molar-refractivity contribution in [2.45, 2.75) is 24.2 Å². The van der Waals surface area contributed by atoms with Gasteiger partial charge in [0.1, 0.15) is 11.5 Å². The highest BCUT2D eigenvalue weighted by atomic mass is 32.2. The minimum atomic E-state index is -5.02. The summed E-state index contributed by atoms with van der Waals surface area (Å²) < 4.78 is 107. The Kier molecular flexibility index (Phi) is 5.93. The van der Waals surface area contributed by atoms with Gasteiger partial charge in [0.15, 0.2) is 9.84 Å². The lowest BCUT2D eigenvalue weighted by atomic mass is 10.2. The van der Waals surface area contributed by atoms with Crippen LogP contribution in [0, 0.1) is 0 Å². The molecule has 0 bridgehead atoms. The van der Waals surface area contributed by atoms with Crippen LogP contribution in [0.15, 0.2) is 48.5 Å². The molecule has 0 aliphatic heterocycles. The monoisotopic (exact) mass is 414 g/mol. The summed E-state index contributed by atoms with van der Waals surface area (Å²) in [6.45, 7) is 0. The summed E-state index contributed by atoms with van der Waals surface area (Å²) in [5.41, 5.74) is -0.548. The quantitative estimate of drug-likeness (QED) is 0.649. The van der Waals surface area contributed by atoms with Crippen molar-refractivity contribution < 1.29 is 44.2 Å². The first-order valence-corrected chi connectivity index (χ1v) is 9.04. The Morgan fingerprint density at radius 2 is 1.00 bits per heavy atom. The molecular weight excluding hydrogens is 402 g/mol. The van der Waals surface area contributed by atoms with E-state index in [2.05, 4.69) is 9.47 Å². The maximum Gasteiger partial charge on any atom is 0.573 e. The Labute approximate surface area is 150 Å². The number of hydrogen-bond acceptors (Lipinski definition) is 4. The van der Waals surface area contributed by atoms with Crippen molar-refractivity contribution in [1.82, 2.24) is 0 Å². The molecule has 11 heteroatoms. The molecule has 0 atom stereocenters. The molecule has 0 fully saturated rings. The number of halogens is 6. The molecule has 0 aromatic heterocycles. The minimum absolute atomic E-state index is 0.274. The highest BCUT2D eigenvalue weighted by Crippen LogP contribution is 2.30. The minimum Gasteiger partial charge on any atom is -0.405 e. The van der Waals surface area contributed by atoms with Gasteiger partial charge in [0, 0.05) is 11.1 Å². The molecule has 0 unspecified atom stereocenters. The van der Waals surface area contributed by atoms with Gasteiger partial charge in [-0.15, -0.1) is 26.3 Å². The van der Waals surface area contributed by atoms with E-state index >= 15 is 0 Å². The van der Waals surface area contributed by atoms with Crippen LogP contribution in [0.2, 0.25) is 0 Å². The number of hydrogen-bond donors (Lipinski definition) is 0. The molecule has 0 saturated carbocycles. The second-order valence-corrected chi connectivity index (χ2v) is 7.41. The molecule has 2 aromatic carbocycles. The lowest BCUT2D eigenvalue weighted by Gasteiger charge is -2.15. The van der Waals surface area contributed by atoms with E-state index in [1.165, 1.54) is 24.3 Å². The number of sulfone groups is 1. The summed E-state index contributed by atoms with van der Waals surface area (Å²) in [6.07, 6.45) is -10.0. The Bertz CT molecular complexity index is 823. The van der Waals surface area contributed by atoms with Gasteiger partial charge in [-0.25, -0.2) is 8.42 Å². The van der Waals surface area contributed by atoms with Crippen LogP contribution in [0.4, 0.5) is 26.3 Å². The van der Waals surface area contributed by atoms with E-state index in [-0.39, 0.29) is 11.1 Å². The van der Waals surface area contributed by atoms with Crippen molar-refractivity contribution in [3.05, 3.63) is 59.7 Å². The van der Waals surface area contributed by atoms with Crippen molar-refractivity contribution in [2.75, 3.05) is 0 Å². The summed E-state index contributed by atoms with van der Waals surface area (Å²) in [5.74, 6) is -3.12. The lowest BCUT2D eigenvalue weighted by molar-refractivity contribution is -0.275. The van der Waals surface area contributed by atoms with Crippen molar-refractivity contribution in [3.8, 4) is 11.5 Å². The number of alkyl halides is 6. The van der Waals surface area contributed by atoms with E-state index in [0.29, 0.717) is 0 Å². The fraction of sp³-hybridized carbons (Fsp3) is 0.250. The molecule has 0 aliphatic carbocycles. The standard InChI is InChI=1S/C16H12F6O4S/c17-15(18,19)25-13-7-3-1-5-11(13)9-27(23,24)10-12-6-2-4-8-14(12)26-16(20,21)22/h1-8H,9-10H2. The normalized spacial score (nSPS) is 12.7. The Morgan fingerprint density at radius 1 is 0.667 bits per heavy atom. The maximum atomic E-state index is 12.4. The van der Waals surface area contributed by atoms with Crippen LogP contribution in [0.5, 0.6) is 11.5 Å². The summed E-state index contributed by atoms with van der Waals surface area (Å²) in [6, 6.07) is 9.21. The van der Waals surface area contributed by atoms with Crippen molar-refractivity contribution in [2.24, 2.45) is 0 Å². The summed E-state index contributed by atoms with van der Waals surface area (Å²) in [7, 11) is -4.14. The second kappa shape index (κ2) is 7.67. The van der Waals surface area contributed by atoms with Crippen LogP contribution in [-0.4, -0.2) is 21.1 Å². The Balaban J connectivity index is 2.25. The average Bonchev–Trinajstić information content (AvgIpc) is 2.48. The van der Waals surface area contributed by atoms with E-state index < -0.39 is 45.6 Å². The fourth-order valence-electron chi connectivity index (χ4n) is 2.22. The van der Waals surface area contributed by atoms with Gasteiger partial charge in [-0.3, -0.25) is 0 Å². The number of rotatable bonds is 6. The Morgan fingerprint density at radius 3 is 1.33 bits per heavy atom. The molecule has 148 valence electrons. The van der Waals surface area contributed by atoms with Crippen LogP contribution in [0.1, 0.15) is 11.1 Å². The van der Waals surface area contributed by atoms with Crippen LogP contribution in [0.25, 0.3) is 0 Å². The summed E-state index contributed by atoms with van der Waals surface area (Å²) in [4.78, 5) is 0. The van der Waals surface area contributed by atoms with Crippen molar-refractivity contribution >= 4 is 9.84 Å². The molecule has 2 aromatic rings. The first kappa shape index (κ1) is 20.9. The summed E-state index contributed by atoms with van der Waals surface area (Å²) in [5, 5.41) is 0. The molecule has 4 nitrogen and oxygen atoms in total. The van der Waals surface area contributed by atoms with E-state index in [0.717, 1.165) is 24.3 Å². The first-order chi connectivity index (χ1) is 12.3. The van der Waals surface area contributed by atoms with E-state index in [9.17, 15) is 34.8 Å². The third-order valence-corrected chi connectivity index (χ3v) is 4.65. The zero-order chi connectivity index (χ0) is 20.3. The van der Waals surface area contributed by atoms with Gasteiger partial charge < -0.3 is 9.47 Å². The molecule has 0 heterocycles. The SMILES string of the molecule is O=S(=O)(Cc1ccccc1OC(F)(F)F)Cc1ccccc1OC(F)(F)F.